The van der Waals surface area contributed by atoms with Crippen LogP contribution in [0.5, 0.6) is 0 Å². The van der Waals surface area contributed by atoms with Gasteiger partial charge in [-0.25, -0.2) is 4.79 Å². The van der Waals surface area contributed by atoms with Gasteiger partial charge in [0.05, 0.1) is 16.6 Å². The van der Waals surface area contributed by atoms with E-state index in [9.17, 15) is 25.1 Å². The maximum Gasteiger partial charge on any atom is 0.338 e. The highest BCUT2D eigenvalue weighted by Gasteiger charge is 2.31. The quantitative estimate of drug-likeness (QED) is 0.625. The molecule has 1 aromatic rings. The van der Waals surface area contributed by atoms with E-state index in [4.69, 9.17) is 0 Å². The second-order valence-corrected chi connectivity index (χ2v) is 5.11. The summed E-state index contributed by atoms with van der Waals surface area (Å²) in [6, 6.07) is 4.02. The smallest absolute Gasteiger partial charge is 0.338 e. The Labute approximate surface area is 115 Å². The van der Waals surface area contributed by atoms with Crippen molar-refractivity contribution in [3.8, 4) is 0 Å². The standard InChI is InChI=1S/C13H16N2O5/c1-14(7-8-5-9(16)6-8)12-10(13(17)18)3-2-4-11(12)15(19)20/h2-4,8-9,16H,5-7H2,1H3,(H,17,18). The number of carbonyl (C=O) groups is 1. The minimum atomic E-state index is -1.19. The molecule has 1 saturated carbocycles. The summed E-state index contributed by atoms with van der Waals surface area (Å²) in [6.45, 7) is 0.488. The van der Waals surface area contributed by atoms with E-state index in [1.54, 1.807) is 11.9 Å². The molecule has 2 rings (SSSR count). The fourth-order valence-corrected chi connectivity index (χ4v) is 2.58. The largest absolute Gasteiger partial charge is 0.478 e. The van der Waals surface area contributed by atoms with Crippen LogP contribution in [0, 0.1) is 16.0 Å². The van der Waals surface area contributed by atoms with Gasteiger partial charge < -0.3 is 15.1 Å². The van der Waals surface area contributed by atoms with Crippen molar-refractivity contribution in [1.82, 2.24) is 0 Å². The Hall–Kier alpha value is -2.15. The highest BCUT2D eigenvalue weighted by Crippen LogP contribution is 2.34. The van der Waals surface area contributed by atoms with Gasteiger partial charge in [0.25, 0.3) is 5.69 Å². The van der Waals surface area contributed by atoms with E-state index < -0.39 is 10.9 Å². The van der Waals surface area contributed by atoms with Crippen LogP contribution in [0.25, 0.3) is 0 Å². The molecule has 1 aliphatic rings. The first kappa shape index (κ1) is 14.3. The SMILES string of the molecule is CN(CC1CC(O)C1)c1c(C(=O)O)cccc1[N+](=O)[O-]. The first-order valence-corrected chi connectivity index (χ1v) is 6.30. The molecule has 0 aliphatic heterocycles. The summed E-state index contributed by atoms with van der Waals surface area (Å²) in [5, 5.41) is 29.5. The van der Waals surface area contributed by atoms with Crippen LogP contribution in [0.15, 0.2) is 18.2 Å². The van der Waals surface area contributed by atoms with Crippen LogP contribution in [0.1, 0.15) is 23.2 Å². The third-order valence-electron chi connectivity index (χ3n) is 3.57. The molecular weight excluding hydrogens is 264 g/mol. The second kappa shape index (κ2) is 5.46. The number of aromatic carboxylic acids is 1. The van der Waals surface area contributed by atoms with Crippen LogP contribution in [-0.2, 0) is 0 Å². The first-order valence-electron chi connectivity index (χ1n) is 6.30. The number of benzene rings is 1. The topological polar surface area (TPSA) is 104 Å². The zero-order chi connectivity index (χ0) is 14.9. The van der Waals surface area contributed by atoms with Gasteiger partial charge in [-0.15, -0.1) is 0 Å². The molecule has 0 amide bonds. The summed E-state index contributed by atoms with van der Waals surface area (Å²) in [5.41, 5.74) is -0.180. The van der Waals surface area contributed by atoms with Gasteiger partial charge in [-0.3, -0.25) is 10.1 Å². The zero-order valence-electron chi connectivity index (χ0n) is 11.0. The molecule has 0 bridgehead atoms. The van der Waals surface area contributed by atoms with E-state index in [0.717, 1.165) is 0 Å². The molecule has 1 fully saturated rings. The van der Waals surface area contributed by atoms with Crippen molar-refractivity contribution < 1.29 is 19.9 Å². The van der Waals surface area contributed by atoms with Crippen LogP contribution in [0.4, 0.5) is 11.4 Å². The third kappa shape index (κ3) is 2.72. The Morgan fingerprint density at radius 1 is 1.50 bits per heavy atom. The highest BCUT2D eigenvalue weighted by atomic mass is 16.6. The lowest BCUT2D eigenvalue weighted by Crippen LogP contribution is -2.37. The molecule has 1 aliphatic carbocycles. The van der Waals surface area contributed by atoms with Crippen molar-refractivity contribution in [3.63, 3.8) is 0 Å². The Balaban J connectivity index is 2.31. The summed E-state index contributed by atoms with van der Waals surface area (Å²) >= 11 is 0. The van der Waals surface area contributed by atoms with Gasteiger partial charge in [-0.1, -0.05) is 6.07 Å². The van der Waals surface area contributed by atoms with Crippen LogP contribution < -0.4 is 4.90 Å². The lowest BCUT2D eigenvalue weighted by atomic mass is 9.82. The van der Waals surface area contributed by atoms with Gasteiger partial charge in [0, 0.05) is 19.7 Å². The molecule has 7 nitrogen and oxygen atoms in total. The fourth-order valence-electron chi connectivity index (χ4n) is 2.58. The summed E-state index contributed by atoms with van der Waals surface area (Å²) in [5.74, 6) is -0.958. The van der Waals surface area contributed by atoms with Crippen molar-refractivity contribution in [2.45, 2.75) is 18.9 Å². The number of aliphatic hydroxyl groups excluding tert-OH is 1. The van der Waals surface area contributed by atoms with Crippen LogP contribution in [0.2, 0.25) is 0 Å². The van der Waals surface area contributed by atoms with E-state index >= 15 is 0 Å². The van der Waals surface area contributed by atoms with Crippen LogP contribution in [-0.4, -0.2) is 40.8 Å². The predicted molar refractivity (Wildman–Crippen MR) is 72.1 cm³/mol. The Morgan fingerprint density at radius 2 is 2.15 bits per heavy atom. The third-order valence-corrected chi connectivity index (χ3v) is 3.57. The number of carboxylic acid groups (broad SMARTS) is 1. The Kier molecular flexibility index (Phi) is 3.89. The van der Waals surface area contributed by atoms with Gasteiger partial charge in [0.2, 0.25) is 0 Å². The molecule has 1 aromatic carbocycles. The van der Waals surface area contributed by atoms with Gasteiger partial charge in [-0.2, -0.15) is 0 Å². The number of nitrogens with zero attached hydrogens (tertiary/aromatic N) is 2. The lowest BCUT2D eigenvalue weighted by molar-refractivity contribution is -0.384. The van der Waals surface area contributed by atoms with Crippen molar-refractivity contribution >= 4 is 17.3 Å². The number of rotatable bonds is 5. The molecule has 0 aromatic heterocycles. The van der Waals surface area contributed by atoms with E-state index in [2.05, 4.69) is 0 Å². The van der Waals surface area contributed by atoms with E-state index in [1.165, 1.54) is 18.2 Å². The number of anilines is 1. The molecule has 7 heteroatoms. The van der Waals surface area contributed by atoms with Crippen LogP contribution in [0.3, 0.4) is 0 Å². The normalized spacial score (nSPS) is 21.1. The average molecular weight is 280 g/mol. The zero-order valence-corrected chi connectivity index (χ0v) is 11.0. The Bertz CT molecular complexity index is 507. The summed E-state index contributed by atoms with van der Waals surface area (Å²) < 4.78 is 0. The number of hydrogen-bond donors (Lipinski definition) is 2. The molecule has 0 unspecified atom stereocenters. The van der Waals surface area contributed by atoms with Gasteiger partial charge in [0.1, 0.15) is 5.69 Å². The van der Waals surface area contributed by atoms with Crippen molar-refractivity contribution in [2.24, 2.45) is 5.92 Å². The number of para-hydroxylation sites is 1. The van der Waals surface area contributed by atoms with Crippen LogP contribution >= 0.6 is 0 Å². The maximum atomic E-state index is 11.2. The molecule has 0 saturated heterocycles. The monoisotopic (exact) mass is 280 g/mol. The summed E-state index contributed by atoms with van der Waals surface area (Å²) in [7, 11) is 1.64. The van der Waals surface area contributed by atoms with Gasteiger partial charge in [-0.05, 0) is 24.8 Å². The van der Waals surface area contributed by atoms with Crippen molar-refractivity contribution in [3.05, 3.63) is 33.9 Å². The number of carboxylic acids is 1. The number of nitro benzene ring substituents is 1. The predicted octanol–water partition coefficient (Wildman–Crippen LogP) is 1.50. The maximum absolute atomic E-state index is 11.2. The minimum absolute atomic E-state index is 0.0819. The second-order valence-electron chi connectivity index (χ2n) is 5.11. The fraction of sp³-hybridized carbons (Fsp3) is 0.462. The molecule has 0 spiro atoms. The average Bonchev–Trinajstić information content (AvgIpc) is 2.35. The van der Waals surface area contributed by atoms with Crippen molar-refractivity contribution in [1.29, 1.82) is 0 Å². The number of aliphatic hydroxyl groups is 1. The molecule has 108 valence electrons. The number of nitro groups is 1. The molecule has 20 heavy (non-hydrogen) atoms. The van der Waals surface area contributed by atoms with E-state index in [-0.39, 0.29) is 29.0 Å². The highest BCUT2D eigenvalue weighted by molar-refractivity contribution is 5.97. The molecule has 0 atom stereocenters. The molecule has 0 radical (unpaired) electrons. The summed E-state index contributed by atoms with van der Waals surface area (Å²) in [6.07, 6.45) is 0.985. The molecular formula is C13H16N2O5. The van der Waals surface area contributed by atoms with E-state index in [1.807, 2.05) is 0 Å². The molecule has 0 heterocycles. The summed E-state index contributed by atoms with van der Waals surface area (Å²) in [4.78, 5) is 23.3. The number of hydrogen-bond acceptors (Lipinski definition) is 5. The first-order chi connectivity index (χ1) is 9.40. The molecule has 2 N–H and O–H groups in total. The van der Waals surface area contributed by atoms with Gasteiger partial charge in [0.15, 0.2) is 0 Å². The van der Waals surface area contributed by atoms with Crippen molar-refractivity contribution in [2.75, 3.05) is 18.5 Å². The minimum Gasteiger partial charge on any atom is -0.478 e. The lowest BCUT2D eigenvalue weighted by Gasteiger charge is -2.35. The van der Waals surface area contributed by atoms with E-state index in [0.29, 0.717) is 19.4 Å². The van der Waals surface area contributed by atoms with Gasteiger partial charge >= 0.3 is 5.97 Å². The Morgan fingerprint density at radius 3 is 2.65 bits per heavy atom.